The minimum absolute atomic E-state index is 0.216. The van der Waals surface area contributed by atoms with Crippen LogP contribution in [0.4, 0.5) is 0 Å². The number of benzene rings is 1. The van der Waals surface area contributed by atoms with Crippen LogP contribution in [0.5, 0.6) is 0 Å². The van der Waals surface area contributed by atoms with Gasteiger partial charge in [0.25, 0.3) is 0 Å². The van der Waals surface area contributed by atoms with Gasteiger partial charge in [0, 0.05) is 24.0 Å². The average Bonchev–Trinajstić information content (AvgIpc) is 2.84. The molecule has 2 aromatic rings. The van der Waals surface area contributed by atoms with Crippen LogP contribution in [0.25, 0.3) is 10.9 Å². The van der Waals surface area contributed by atoms with Crippen molar-refractivity contribution in [3.05, 3.63) is 42.1 Å². The fourth-order valence-corrected chi connectivity index (χ4v) is 2.48. The van der Waals surface area contributed by atoms with E-state index in [2.05, 4.69) is 46.8 Å². The molecule has 1 aromatic carbocycles. The van der Waals surface area contributed by atoms with Crippen molar-refractivity contribution in [1.29, 1.82) is 0 Å². The third kappa shape index (κ3) is 2.37. The van der Waals surface area contributed by atoms with Gasteiger partial charge in [-0.25, -0.2) is 0 Å². The summed E-state index contributed by atoms with van der Waals surface area (Å²) in [5.74, 6) is 0. The SMILES string of the molecule is CC1(NCc2ccc3ccccc3n2)CCNC1. The molecule has 2 N–H and O–H groups in total. The third-order valence-corrected chi connectivity index (χ3v) is 3.72. The summed E-state index contributed by atoms with van der Waals surface area (Å²) in [5.41, 5.74) is 2.40. The lowest BCUT2D eigenvalue weighted by Gasteiger charge is -2.24. The first-order chi connectivity index (χ1) is 8.75. The van der Waals surface area contributed by atoms with Crippen molar-refractivity contribution < 1.29 is 0 Å². The molecule has 1 aliphatic heterocycles. The van der Waals surface area contributed by atoms with Crippen LogP contribution in [0.2, 0.25) is 0 Å². The molecular formula is C15H19N3. The van der Waals surface area contributed by atoms with E-state index >= 15 is 0 Å². The van der Waals surface area contributed by atoms with Crippen LogP contribution in [0.3, 0.4) is 0 Å². The van der Waals surface area contributed by atoms with Gasteiger partial charge in [0.15, 0.2) is 0 Å². The van der Waals surface area contributed by atoms with Crippen molar-refractivity contribution in [1.82, 2.24) is 15.6 Å². The summed E-state index contributed by atoms with van der Waals surface area (Å²) in [5, 5.41) is 8.21. The maximum absolute atomic E-state index is 4.68. The smallest absolute Gasteiger partial charge is 0.0705 e. The molecule has 0 bridgehead atoms. The summed E-state index contributed by atoms with van der Waals surface area (Å²) in [7, 11) is 0. The minimum atomic E-state index is 0.216. The zero-order chi connectivity index (χ0) is 12.4. The lowest BCUT2D eigenvalue weighted by Crippen LogP contribution is -2.43. The molecular weight excluding hydrogens is 222 g/mol. The van der Waals surface area contributed by atoms with Crippen LogP contribution in [-0.2, 0) is 6.54 Å². The monoisotopic (exact) mass is 241 g/mol. The lowest BCUT2D eigenvalue weighted by molar-refractivity contribution is 0.383. The highest BCUT2D eigenvalue weighted by atomic mass is 15.1. The number of para-hydroxylation sites is 1. The molecule has 0 aliphatic carbocycles. The van der Waals surface area contributed by atoms with E-state index in [-0.39, 0.29) is 5.54 Å². The second-order valence-electron chi connectivity index (χ2n) is 5.34. The highest BCUT2D eigenvalue weighted by Crippen LogP contribution is 2.15. The number of fused-ring (bicyclic) bond motifs is 1. The Morgan fingerprint density at radius 1 is 1.28 bits per heavy atom. The number of nitrogens with one attached hydrogen (secondary N) is 2. The van der Waals surface area contributed by atoms with E-state index in [1.165, 1.54) is 11.8 Å². The predicted molar refractivity (Wildman–Crippen MR) is 74.5 cm³/mol. The Labute approximate surface area is 108 Å². The van der Waals surface area contributed by atoms with Gasteiger partial charge in [-0.15, -0.1) is 0 Å². The van der Waals surface area contributed by atoms with Gasteiger partial charge < -0.3 is 10.6 Å². The molecule has 3 rings (SSSR count). The molecule has 94 valence electrons. The summed E-state index contributed by atoms with van der Waals surface area (Å²) in [6.07, 6.45) is 1.18. The van der Waals surface area contributed by atoms with E-state index in [1.807, 2.05) is 12.1 Å². The first kappa shape index (κ1) is 11.6. The molecule has 1 fully saturated rings. The largest absolute Gasteiger partial charge is 0.315 e. The highest BCUT2D eigenvalue weighted by molar-refractivity contribution is 5.78. The molecule has 1 unspecified atom stereocenters. The zero-order valence-corrected chi connectivity index (χ0v) is 10.7. The summed E-state index contributed by atoms with van der Waals surface area (Å²) in [6, 6.07) is 12.5. The predicted octanol–water partition coefficient (Wildman–Crippen LogP) is 2.08. The molecule has 2 heterocycles. The van der Waals surface area contributed by atoms with Crippen molar-refractivity contribution in [2.75, 3.05) is 13.1 Å². The summed E-state index contributed by atoms with van der Waals surface area (Å²) in [6.45, 7) is 5.26. The van der Waals surface area contributed by atoms with Gasteiger partial charge in [0.2, 0.25) is 0 Å². The number of hydrogen-bond acceptors (Lipinski definition) is 3. The van der Waals surface area contributed by atoms with Gasteiger partial charge >= 0.3 is 0 Å². The van der Waals surface area contributed by atoms with Crippen molar-refractivity contribution in [2.45, 2.75) is 25.4 Å². The lowest BCUT2D eigenvalue weighted by atomic mass is 10.0. The molecule has 1 aliphatic rings. The molecule has 1 atom stereocenters. The van der Waals surface area contributed by atoms with Crippen molar-refractivity contribution in [3.63, 3.8) is 0 Å². The fourth-order valence-electron chi connectivity index (χ4n) is 2.48. The molecule has 0 saturated carbocycles. The molecule has 0 amide bonds. The van der Waals surface area contributed by atoms with Gasteiger partial charge in [-0.3, -0.25) is 4.98 Å². The summed E-state index contributed by atoms with van der Waals surface area (Å²) >= 11 is 0. The van der Waals surface area contributed by atoms with E-state index < -0.39 is 0 Å². The number of rotatable bonds is 3. The Bertz CT molecular complexity index is 544. The van der Waals surface area contributed by atoms with Crippen LogP contribution in [-0.4, -0.2) is 23.6 Å². The maximum atomic E-state index is 4.68. The minimum Gasteiger partial charge on any atom is -0.315 e. The fraction of sp³-hybridized carbons (Fsp3) is 0.400. The summed E-state index contributed by atoms with van der Waals surface area (Å²) < 4.78 is 0. The van der Waals surface area contributed by atoms with Crippen LogP contribution >= 0.6 is 0 Å². The van der Waals surface area contributed by atoms with Crippen molar-refractivity contribution in [3.8, 4) is 0 Å². The normalized spacial score (nSPS) is 23.6. The second-order valence-corrected chi connectivity index (χ2v) is 5.34. The van der Waals surface area contributed by atoms with E-state index in [4.69, 9.17) is 0 Å². The second kappa shape index (κ2) is 4.67. The molecule has 18 heavy (non-hydrogen) atoms. The average molecular weight is 241 g/mol. The van der Waals surface area contributed by atoms with E-state index in [0.717, 1.165) is 30.8 Å². The molecule has 3 nitrogen and oxygen atoms in total. The van der Waals surface area contributed by atoms with Crippen LogP contribution in [0.1, 0.15) is 19.0 Å². The maximum Gasteiger partial charge on any atom is 0.0705 e. The number of pyridine rings is 1. The molecule has 3 heteroatoms. The number of nitrogens with zero attached hydrogens (tertiary/aromatic N) is 1. The van der Waals surface area contributed by atoms with Gasteiger partial charge in [-0.2, -0.15) is 0 Å². The quantitative estimate of drug-likeness (QED) is 0.864. The Morgan fingerprint density at radius 3 is 3.00 bits per heavy atom. The van der Waals surface area contributed by atoms with Crippen LogP contribution < -0.4 is 10.6 Å². The Kier molecular flexibility index (Phi) is 3.02. The van der Waals surface area contributed by atoms with Crippen molar-refractivity contribution in [2.24, 2.45) is 0 Å². The number of hydrogen-bond donors (Lipinski definition) is 2. The Balaban J connectivity index is 1.74. The topological polar surface area (TPSA) is 37.0 Å². The van der Waals surface area contributed by atoms with E-state index in [1.54, 1.807) is 0 Å². The standard InChI is InChI=1S/C15H19N3/c1-15(8-9-16-11-15)17-10-13-7-6-12-4-2-3-5-14(12)18-13/h2-7,16-17H,8-11H2,1H3. The van der Waals surface area contributed by atoms with Crippen LogP contribution in [0, 0.1) is 0 Å². The first-order valence-corrected chi connectivity index (χ1v) is 6.56. The van der Waals surface area contributed by atoms with E-state index in [9.17, 15) is 0 Å². The Hall–Kier alpha value is -1.45. The van der Waals surface area contributed by atoms with Gasteiger partial charge in [0.1, 0.15) is 0 Å². The molecule has 1 saturated heterocycles. The first-order valence-electron chi connectivity index (χ1n) is 6.56. The van der Waals surface area contributed by atoms with Gasteiger partial charge in [0.05, 0.1) is 11.2 Å². The third-order valence-electron chi connectivity index (χ3n) is 3.72. The highest BCUT2D eigenvalue weighted by Gasteiger charge is 2.27. The Morgan fingerprint density at radius 2 is 2.17 bits per heavy atom. The zero-order valence-electron chi connectivity index (χ0n) is 10.7. The summed E-state index contributed by atoms with van der Waals surface area (Å²) in [4.78, 5) is 4.68. The molecule has 0 spiro atoms. The molecule has 0 radical (unpaired) electrons. The number of aromatic nitrogens is 1. The van der Waals surface area contributed by atoms with Gasteiger partial charge in [-0.1, -0.05) is 24.3 Å². The van der Waals surface area contributed by atoms with Gasteiger partial charge in [-0.05, 0) is 32.0 Å². The van der Waals surface area contributed by atoms with Crippen LogP contribution in [0.15, 0.2) is 36.4 Å². The van der Waals surface area contributed by atoms with Crippen molar-refractivity contribution >= 4 is 10.9 Å². The molecule has 1 aromatic heterocycles. The van der Waals surface area contributed by atoms with E-state index in [0.29, 0.717) is 0 Å².